The molecule has 0 bridgehead atoms. The van der Waals surface area contributed by atoms with Crippen LogP contribution in [0, 0.1) is 6.92 Å². The van der Waals surface area contributed by atoms with Gasteiger partial charge in [-0.05, 0) is 46.1 Å². The molecule has 0 aliphatic rings. The zero-order chi connectivity index (χ0) is 12.3. The first-order valence-corrected chi connectivity index (χ1v) is 7.06. The molecule has 17 heavy (non-hydrogen) atoms. The Kier molecular flexibility index (Phi) is 4.13. The minimum absolute atomic E-state index is 0.272. The Balaban J connectivity index is 2.01. The normalized spacial score (nSPS) is 10.5. The largest absolute Gasteiger partial charge is 0.299 e. The minimum Gasteiger partial charge on any atom is -0.299 e. The van der Waals surface area contributed by atoms with Crippen molar-refractivity contribution < 1.29 is 4.79 Å². The predicted octanol–water partition coefficient (Wildman–Crippen LogP) is 4.17. The van der Waals surface area contributed by atoms with Crippen molar-refractivity contribution in [3.05, 3.63) is 56.2 Å². The molecule has 0 saturated heterocycles. The lowest BCUT2D eigenvalue weighted by Gasteiger charge is -2.03. The van der Waals surface area contributed by atoms with Gasteiger partial charge in [0.25, 0.3) is 0 Å². The zero-order valence-corrected chi connectivity index (χ0v) is 12.0. The number of carbonyl (C=O) groups excluding carboxylic acids is 1. The summed E-state index contributed by atoms with van der Waals surface area (Å²) in [6, 6.07) is 12.0. The first kappa shape index (κ1) is 12.5. The van der Waals surface area contributed by atoms with Crippen LogP contribution in [0.2, 0.25) is 0 Å². The Morgan fingerprint density at radius 3 is 2.59 bits per heavy atom. The van der Waals surface area contributed by atoms with Gasteiger partial charge in [0.05, 0.1) is 3.79 Å². The molecule has 0 saturated carbocycles. The van der Waals surface area contributed by atoms with E-state index in [1.807, 2.05) is 43.3 Å². The van der Waals surface area contributed by atoms with Crippen molar-refractivity contribution in [2.24, 2.45) is 0 Å². The van der Waals surface area contributed by atoms with E-state index in [0.29, 0.717) is 12.8 Å². The molecule has 1 aromatic carbocycles. The number of hydrogen-bond acceptors (Lipinski definition) is 2. The van der Waals surface area contributed by atoms with E-state index in [-0.39, 0.29) is 5.78 Å². The van der Waals surface area contributed by atoms with Crippen LogP contribution in [0.1, 0.15) is 16.0 Å². The van der Waals surface area contributed by atoms with Crippen molar-refractivity contribution in [3.63, 3.8) is 0 Å². The monoisotopic (exact) mass is 308 g/mol. The van der Waals surface area contributed by atoms with Crippen molar-refractivity contribution in [2.45, 2.75) is 19.8 Å². The molecule has 2 aromatic rings. The molecular weight excluding hydrogens is 296 g/mol. The third kappa shape index (κ3) is 3.51. The van der Waals surface area contributed by atoms with Crippen LogP contribution >= 0.6 is 27.3 Å². The van der Waals surface area contributed by atoms with Gasteiger partial charge in [-0.15, -0.1) is 11.3 Å². The third-order valence-corrected chi connectivity index (χ3v) is 4.27. The Hall–Kier alpha value is -0.930. The second-order valence-corrected chi connectivity index (χ2v) is 6.57. The Labute approximate surface area is 114 Å². The molecular formula is C14H13BrOS. The van der Waals surface area contributed by atoms with Crippen molar-refractivity contribution in [3.8, 4) is 0 Å². The van der Waals surface area contributed by atoms with Gasteiger partial charge in [-0.3, -0.25) is 4.79 Å². The molecule has 3 heteroatoms. The van der Waals surface area contributed by atoms with Gasteiger partial charge in [-0.1, -0.05) is 24.3 Å². The van der Waals surface area contributed by atoms with Gasteiger partial charge in [0.15, 0.2) is 0 Å². The van der Waals surface area contributed by atoms with Crippen LogP contribution in [0.3, 0.4) is 0 Å². The number of benzene rings is 1. The zero-order valence-electron chi connectivity index (χ0n) is 9.57. The SMILES string of the molecule is Cc1ccccc1CC(=O)Cc1ccc(Br)s1. The van der Waals surface area contributed by atoms with E-state index in [0.717, 1.165) is 14.2 Å². The number of Topliss-reactive ketones (excluding diaryl/α,β-unsaturated/α-hetero) is 1. The highest BCUT2D eigenvalue weighted by Crippen LogP contribution is 2.23. The van der Waals surface area contributed by atoms with Crippen LogP contribution in [-0.4, -0.2) is 5.78 Å². The molecule has 0 radical (unpaired) electrons. The van der Waals surface area contributed by atoms with Crippen LogP contribution in [0.25, 0.3) is 0 Å². The summed E-state index contributed by atoms with van der Waals surface area (Å²) in [5.74, 6) is 0.272. The molecule has 1 nitrogen and oxygen atoms in total. The first-order chi connectivity index (χ1) is 8.15. The molecule has 0 amide bonds. The summed E-state index contributed by atoms with van der Waals surface area (Å²) in [6.45, 7) is 2.05. The van der Waals surface area contributed by atoms with Crippen molar-refractivity contribution in [1.29, 1.82) is 0 Å². The second-order valence-electron chi connectivity index (χ2n) is 4.02. The molecule has 0 N–H and O–H groups in total. The number of ketones is 1. The molecule has 0 spiro atoms. The molecule has 0 aliphatic carbocycles. The number of aryl methyl sites for hydroxylation is 1. The number of halogens is 1. The molecule has 1 aromatic heterocycles. The molecule has 0 fully saturated rings. The second kappa shape index (κ2) is 5.61. The molecule has 0 atom stereocenters. The maximum Gasteiger partial charge on any atom is 0.142 e. The van der Waals surface area contributed by atoms with Crippen molar-refractivity contribution in [2.75, 3.05) is 0 Å². The summed E-state index contributed by atoms with van der Waals surface area (Å²) in [6.07, 6.45) is 1.06. The smallest absolute Gasteiger partial charge is 0.142 e. The highest BCUT2D eigenvalue weighted by molar-refractivity contribution is 9.11. The Morgan fingerprint density at radius 2 is 1.94 bits per heavy atom. The van der Waals surface area contributed by atoms with Gasteiger partial charge in [0.2, 0.25) is 0 Å². The lowest BCUT2D eigenvalue weighted by molar-refractivity contribution is -0.117. The maximum absolute atomic E-state index is 11.9. The predicted molar refractivity (Wildman–Crippen MR) is 75.6 cm³/mol. The van der Waals surface area contributed by atoms with Gasteiger partial charge in [-0.25, -0.2) is 0 Å². The van der Waals surface area contributed by atoms with Crippen molar-refractivity contribution >= 4 is 33.0 Å². The van der Waals surface area contributed by atoms with Crippen LogP contribution in [0.5, 0.6) is 0 Å². The van der Waals surface area contributed by atoms with E-state index in [4.69, 9.17) is 0 Å². The van der Waals surface area contributed by atoms with Gasteiger partial charge >= 0.3 is 0 Å². The average molecular weight is 309 g/mol. The highest BCUT2D eigenvalue weighted by atomic mass is 79.9. The molecule has 2 rings (SSSR count). The fourth-order valence-electron chi connectivity index (χ4n) is 1.72. The van der Waals surface area contributed by atoms with Gasteiger partial charge in [0.1, 0.15) is 5.78 Å². The third-order valence-electron chi connectivity index (χ3n) is 2.65. The lowest BCUT2D eigenvalue weighted by atomic mass is 10.0. The van der Waals surface area contributed by atoms with Crippen LogP contribution < -0.4 is 0 Å². The summed E-state index contributed by atoms with van der Waals surface area (Å²) >= 11 is 5.03. The van der Waals surface area contributed by atoms with E-state index in [1.54, 1.807) is 11.3 Å². The standard InChI is InChI=1S/C14H13BrOS/c1-10-4-2-3-5-11(10)8-12(16)9-13-6-7-14(15)17-13/h2-7H,8-9H2,1H3. The van der Waals surface area contributed by atoms with Crippen LogP contribution in [0.15, 0.2) is 40.2 Å². The Bertz CT molecular complexity index is 531. The average Bonchev–Trinajstić information content (AvgIpc) is 2.67. The van der Waals surface area contributed by atoms with E-state index in [9.17, 15) is 4.79 Å². The fourth-order valence-corrected chi connectivity index (χ4v) is 3.24. The molecule has 0 aliphatic heterocycles. The summed E-state index contributed by atoms with van der Waals surface area (Å²) in [4.78, 5) is 13.1. The Morgan fingerprint density at radius 1 is 1.18 bits per heavy atom. The topological polar surface area (TPSA) is 17.1 Å². The minimum atomic E-state index is 0.272. The summed E-state index contributed by atoms with van der Waals surface area (Å²) in [5.41, 5.74) is 2.32. The fraction of sp³-hybridized carbons (Fsp3) is 0.214. The maximum atomic E-state index is 11.9. The van der Waals surface area contributed by atoms with E-state index >= 15 is 0 Å². The summed E-state index contributed by atoms with van der Waals surface area (Å²) in [7, 11) is 0. The summed E-state index contributed by atoms with van der Waals surface area (Å²) < 4.78 is 1.08. The summed E-state index contributed by atoms with van der Waals surface area (Å²) in [5, 5.41) is 0. The molecule has 1 heterocycles. The first-order valence-electron chi connectivity index (χ1n) is 5.45. The van der Waals surface area contributed by atoms with Crippen LogP contribution in [0.4, 0.5) is 0 Å². The highest BCUT2D eigenvalue weighted by Gasteiger charge is 2.08. The van der Waals surface area contributed by atoms with E-state index in [1.165, 1.54) is 5.56 Å². The number of carbonyl (C=O) groups is 1. The van der Waals surface area contributed by atoms with Crippen molar-refractivity contribution in [1.82, 2.24) is 0 Å². The number of hydrogen-bond donors (Lipinski definition) is 0. The van der Waals surface area contributed by atoms with Gasteiger partial charge in [-0.2, -0.15) is 0 Å². The number of thiophene rings is 1. The van der Waals surface area contributed by atoms with Gasteiger partial charge < -0.3 is 0 Å². The molecule has 0 unspecified atom stereocenters. The van der Waals surface area contributed by atoms with Gasteiger partial charge in [0, 0.05) is 17.7 Å². The van der Waals surface area contributed by atoms with E-state index in [2.05, 4.69) is 15.9 Å². The van der Waals surface area contributed by atoms with E-state index < -0.39 is 0 Å². The quantitative estimate of drug-likeness (QED) is 0.828. The number of rotatable bonds is 4. The van der Waals surface area contributed by atoms with Crippen LogP contribution in [-0.2, 0) is 17.6 Å². The molecule has 88 valence electrons. The lowest BCUT2D eigenvalue weighted by Crippen LogP contribution is -2.06.